The summed E-state index contributed by atoms with van der Waals surface area (Å²) in [5.41, 5.74) is 1.37. The topological polar surface area (TPSA) is 33.4 Å². The van der Waals surface area contributed by atoms with E-state index < -0.39 is 17.6 Å². The summed E-state index contributed by atoms with van der Waals surface area (Å²) in [6, 6.07) is 22.3. The van der Waals surface area contributed by atoms with Crippen molar-refractivity contribution in [1.29, 1.82) is 0 Å². The number of alkyl halides is 3. The van der Waals surface area contributed by atoms with E-state index in [-0.39, 0.29) is 11.4 Å². The predicted octanol–water partition coefficient (Wildman–Crippen LogP) is 9.58. The highest BCUT2D eigenvalue weighted by Gasteiger charge is 2.34. The van der Waals surface area contributed by atoms with Gasteiger partial charge in [-0.3, -0.25) is 0 Å². The van der Waals surface area contributed by atoms with E-state index in [9.17, 15) is 22.0 Å². The van der Waals surface area contributed by atoms with Crippen molar-refractivity contribution in [1.82, 2.24) is 0 Å². The van der Waals surface area contributed by atoms with Gasteiger partial charge in [-0.25, -0.2) is 8.78 Å². The van der Waals surface area contributed by atoms with Crippen molar-refractivity contribution in [3.63, 3.8) is 0 Å². The maximum atomic E-state index is 14.0. The molecule has 0 fully saturated rings. The molecule has 0 aliphatic rings. The Morgan fingerprint density at radius 2 is 0.933 bits per heavy atom. The van der Waals surface area contributed by atoms with Crippen LogP contribution in [0.1, 0.15) is 11.1 Å². The highest BCUT2D eigenvalue weighted by Crippen LogP contribution is 2.37. The van der Waals surface area contributed by atoms with Gasteiger partial charge in [0.2, 0.25) is 0 Å². The summed E-state index contributed by atoms with van der Waals surface area (Å²) < 4.78 is 68.2. The second kappa shape index (κ2) is 10.1. The van der Waals surface area contributed by atoms with Gasteiger partial charge in [-0.05, 0) is 105 Å². The standard InChI is InChI=1S/C36H17F5N4/c1-18-12-19(6-10-32(18)37)20-4-8-23-25-16-26-24-9-5-21(22-7-11-33(38)31(15-22)36(39,40)41)14-28(24)35(45-43-3)30(26)17-29(25)34(44-42-2)27(23)13-20/h4-17H,1H3/b44-34+,45-35-. The quantitative estimate of drug-likeness (QED) is 0.108. The van der Waals surface area contributed by atoms with Gasteiger partial charge in [0.15, 0.2) is 10.7 Å². The van der Waals surface area contributed by atoms with Gasteiger partial charge in [-0.2, -0.15) is 26.3 Å². The molecule has 45 heavy (non-hydrogen) atoms. The van der Waals surface area contributed by atoms with Crippen LogP contribution in [0.25, 0.3) is 75.3 Å². The van der Waals surface area contributed by atoms with Crippen molar-refractivity contribution >= 4 is 43.1 Å². The fraction of sp³-hybridized carbons (Fsp3) is 0.0556. The van der Waals surface area contributed by atoms with Crippen molar-refractivity contribution in [3.8, 4) is 22.3 Å². The molecule has 7 aromatic rings. The summed E-state index contributed by atoms with van der Waals surface area (Å²) in [5, 5.41) is 14.7. The lowest BCUT2D eigenvalue weighted by Gasteiger charge is -2.10. The predicted molar refractivity (Wildman–Crippen MR) is 164 cm³/mol. The molecule has 0 aliphatic carbocycles. The maximum Gasteiger partial charge on any atom is 0.419 e. The van der Waals surface area contributed by atoms with Gasteiger partial charge in [-0.15, -0.1) is 9.91 Å². The largest absolute Gasteiger partial charge is 0.419 e. The Kier molecular flexibility index (Phi) is 6.24. The molecule has 0 spiro atoms. The van der Waals surface area contributed by atoms with Crippen LogP contribution in [0, 0.1) is 31.7 Å². The van der Waals surface area contributed by atoms with Gasteiger partial charge < -0.3 is 0 Å². The lowest BCUT2D eigenvalue weighted by Crippen LogP contribution is -2.08. The van der Waals surface area contributed by atoms with Crippen LogP contribution < -0.4 is 10.7 Å². The average molecular weight is 601 g/mol. The van der Waals surface area contributed by atoms with E-state index in [4.69, 9.17) is 13.1 Å². The number of nitrogens with zero attached hydrogens (tertiary/aromatic N) is 4. The van der Waals surface area contributed by atoms with E-state index in [1.807, 2.05) is 30.3 Å². The van der Waals surface area contributed by atoms with Crippen LogP contribution in [-0.4, -0.2) is 0 Å². The third-order valence-electron chi connectivity index (χ3n) is 8.19. The monoisotopic (exact) mass is 600 g/mol. The van der Waals surface area contributed by atoms with Gasteiger partial charge in [-0.1, -0.05) is 36.4 Å². The molecule has 0 amide bonds. The molecule has 0 atom stereocenters. The van der Waals surface area contributed by atoms with Gasteiger partial charge in [0, 0.05) is 21.5 Å². The van der Waals surface area contributed by atoms with Crippen molar-refractivity contribution in [2.75, 3.05) is 0 Å². The number of halogens is 5. The maximum absolute atomic E-state index is 14.0. The van der Waals surface area contributed by atoms with Crippen molar-refractivity contribution < 1.29 is 22.0 Å². The number of hydrogen-bond donors (Lipinski definition) is 0. The SMILES string of the molecule is [C-]#[N+]/N=c1/c2cc(-c3ccc(F)c(C(F)(F)F)c3)ccc2c2cc3c(cc12)/c(=N/[N+]#[C-])c1cc(-c2ccc(F)c(C)c2)ccc13. The van der Waals surface area contributed by atoms with Gasteiger partial charge in [0.25, 0.3) is 0 Å². The highest BCUT2D eigenvalue weighted by molar-refractivity contribution is 6.21. The molecule has 0 bridgehead atoms. The molecular formula is C36H17F5N4. The summed E-state index contributed by atoms with van der Waals surface area (Å²) in [4.78, 5) is 6.57. The number of fused-ring (bicyclic) bond motifs is 6. The Morgan fingerprint density at radius 1 is 0.511 bits per heavy atom. The summed E-state index contributed by atoms with van der Waals surface area (Å²) >= 11 is 0. The number of benzene rings is 5. The van der Waals surface area contributed by atoms with Crippen molar-refractivity contribution in [2.45, 2.75) is 13.1 Å². The molecule has 9 heteroatoms. The molecule has 7 rings (SSSR count). The molecule has 4 nitrogen and oxygen atoms in total. The Morgan fingerprint density at radius 3 is 1.42 bits per heavy atom. The van der Waals surface area contributed by atoms with E-state index in [1.165, 1.54) is 12.1 Å². The lowest BCUT2D eigenvalue weighted by atomic mass is 10.00. The molecule has 0 aliphatic heterocycles. The third kappa shape index (κ3) is 4.40. The zero-order chi connectivity index (χ0) is 31.6. The van der Waals surface area contributed by atoms with E-state index in [2.05, 4.69) is 20.1 Å². The van der Waals surface area contributed by atoms with E-state index >= 15 is 0 Å². The minimum Gasteiger partial charge on any atom is -0.207 e. The third-order valence-corrected chi connectivity index (χ3v) is 8.19. The van der Waals surface area contributed by atoms with Crippen LogP contribution in [0.2, 0.25) is 0 Å². The van der Waals surface area contributed by atoms with Gasteiger partial charge in [0.1, 0.15) is 11.6 Å². The van der Waals surface area contributed by atoms with Gasteiger partial charge in [0.05, 0.1) is 15.8 Å². The van der Waals surface area contributed by atoms with E-state index in [0.29, 0.717) is 38.0 Å². The molecule has 0 heterocycles. The Bertz CT molecular complexity index is 2590. The zero-order valence-corrected chi connectivity index (χ0v) is 23.3. The van der Waals surface area contributed by atoms with E-state index in [0.717, 1.165) is 50.2 Å². The minimum absolute atomic E-state index is 0.166. The Hall–Kier alpha value is -5.93. The van der Waals surface area contributed by atoms with Crippen molar-refractivity contribution in [2.24, 2.45) is 10.2 Å². The normalized spacial score (nSPS) is 12.9. The first-order valence-corrected chi connectivity index (χ1v) is 13.6. The van der Waals surface area contributed by atoms with Gasteiger partial charge >= 0.3 is 6.18 Å². The van der Waals surface area contributed by atoms with Crippen molar-refractivity contribution in [3.05, 3.63) is 141 Å². The summed E-state index contributed by atoms with van der Waals surface area (Å²) in [6.07, 6.45) is -4.86. The fourth-order valence-corrected chi connectivity index (χ4v) is 6.10. The first-order chi connectivity index (χ1) is 21.6. The molecule has 0 radical (unpaired) electrons. The smallest absolute Gasteiger partial charge is 0.207 e. The molecule has 7 aromatic carbocycles. The average Bonchev–Trinajstić information content (AvgIpc) is 3.48. The van der Waals surface area contributed by atoms with E-state index in [1.54, 1.807) is 37.3 Å². The summed E-state index contributed by atoms with van der Waals surface area (Å²) in [5.74, 6) is -1.66. The number of aryl methyl sites for hydroxylation is 1. The second-order valence-corrected chi connectivity index (χ2v) is 10.7. The Labute approximate surface area is 251 Å². The van der Waals surface area contributed by atoms with Crippen LogP contribution in [0.4, 0.5) is 22.0 Å². The lowest BCUT2D eigenvalue weighted by molar-refractivity contribution is -0.139. The highest BCUT2D eigenvalue weighted by atomic mass is 19.4. The summed E-state index contributed by atoms with van der Waals surface area (Å²) in [7, 11) is 0. The molecule has 0 saturated heterocycles. The second-order valence-electron chi connectivity index (χ2n) is 10.7. The van der Waals surface area contributed by atoms with Crippen LogP contribution in [0.15, 0.2) is 95.1 Å². The zero-order valence-electron chi connectivity index (χ0n) is 23.3. The fourth-order valence-electron chi connectivity index (χ4n) is 6.10. The molecule has 0 N–H and O–H groups in total. The minimum atomic E-state index is -4.86. The van der Waals surface area contributed by atoms with Crippen LogP contribution in [0.3, 0.4) is 0 Å². The Balaban J connectivity index is 1.50. The molecule has 0 aromatic heterocycles. The molecule has 216 valence electrons. The first-order valence-electron chi connectivity index (χ1n) is 13.6. The van der Waals surface area contributed by atoms with Crippen LogP contribution >= 0.6 is 0 Å². The molecular weight excluding hydrogens is 583 g/mol. The van der Waals surface area contributed by atoms with Crippen LogP contribution in [0.5, 0.6) is 0 Å². The number of hydrogen-bond acceptors (Lipinski definition) is 2. The summed E-state index contributed by atoms with van der Waals surface area (Å²) in [6.45, 7) is 16.7. The first kappa shape index (κ1) is 27.9. The van der Waals surface area contributed by atoms with Crippen LogP contribution in [-0.2, 0) is 6.18 Å². The number of rotatable bonds is 2. The molecule has 0 unspecified atom stereocenters. The molecule has 0 saturated carbocycles.